The van der Waals surface area contributed by atoms with Gasteiger partial charge < -0.3 is 15.5 Å². The normalized spacial score (nSPS) is 13.4. The van der Waals surface area contributed by atoms with Gasteiger partial charge in [-0.25, -0.2) is 0 Å². The molecule has 0 aromatic carbocycles. The van der Waals surface area contributed by atoms with E-state index in [2.05, 4.69) is 31.3 Å². The van der Waals surface area contributed by atoms with Crippen molar-refractivity contribution in [2.45, 2.75) is 199 Å². The Bertz CT molecular complexity index is 589. The number of carbonyl (C=O) groups is 1. The third kappa shape index (κ3) is 30.1. The molecule has 0 saturated carbocycles. The summed E-state index contributed by atoms with van der Waals surface area (Å²) in [7, 11) is 0. The van der Waals surface area contributed by atoms with E-state index in [9.17, 15) is 15.0 Å². The molecule has 0 fully saturated rings. The summed E-state index contributed by atoms with van der Waals surface area (Å²) in [6, 6.07) is -0.632. The number of nitrogens with one attached hydrogen (secondary N) is 1. The molecule has 0 heterocycles. The van der Waals surface area contributed by atoms with E-state index < -0.39 is 12.1 Å². The molecule has 0 aromatic heterocycles. The summed E-state index contributed by atoms with van der Waals surface area (Å²) in [5.74, 6) is -0.0740. The highest BCUT2D eigenvalue weighted by molar-refractivity contribution is 5.76. The van der Waals surface area contributed by atoms with Crippen LogP contribution in [0, 0.1) is 0 Å². The van der Waals surface area contributed by atoms with Crippen molar-refractivity contribution in [1.82, 2.24) is 5.32 Å². The van der Waals surface area contributed by atoms with Crippen LogP contribution in [-0.2, 0) is 4.79 Å². The molecule has 1 amide bonds. The Kier molecular flexibility index (Phi) is 32.5. The van der Waals surface area contributed by atoms with Gasteiger partial charge in [-0.15, -0.1) is 0 Å². The molecule has 0 spiro atoms. The zero-order valence-corrected chi connectivity index (χ0v) is 27.6. The molecule has 2 unspecified atom stereocenters. The lowest BCUT2D eigenvalue weighted by Gasteiger charge is -2.19. The Morgan fingerprint density at radius 2 is 0.951 bits per heavy atom. The Morgan fingerprint density at radius 3 is 1.41 bits per heavy atom. The molecule has 3 N–H and O–H groups in total. The van der Waals surface area contributed by atoms with Gasteiger partial charge in [-0.3, -0.25) is 4.79 Å². The molecule has 0 aliphatic rings. The first-order valence-corrected chi connectivity index (χ1v) is 18.1. The molecule has 0 bridgehead atoms. The van der Waals surface area contributed by atoms with Gasteiger partial charge in [0.1, 0.15) is 0 Å². The maximum absolute atomic E-state index is 12.3. The summed E-state index contributed by atoms with van der Waals surface area (Å²) in [5.41, 5.74) is 0. The number of aliphatic hydroxyl groups excluding tert-OH is 2. The standard InChI is InChI=1S/C37H71NO3/c1-3-5-7-9-11-13-15-17-19-21-23-25-27-29-31-33-37(41)38-35(34-39)36(40)32-30-28-26-24-22-20-18-16-14-12-10-8-6-4-2/h22,24,30,32,35-36,39-40H,3-21,23,25-29,31,33-34H2,1-2H3,(H,38,41)/b24-22+,32-30+. The predicted octanol–water partition coefficient (Wildman–Crippen LogP) is 10.5. The van der Waals surface area contributed by atoms with Crippen LogP contribution in [0.1, 0.15) is 187 Å². The minimum atomic E-state index is -0.855. The topological polar surface area (TPSA) is 69.6 Å². The minimum Gasteiger partial charge on any atom is -0.394 e. The second-order valence-electron chi connectivity index (χ2n) is 12.3. The van der Waals surface area contributed by atoms with E-state index in [0.29, 0.717) is 6.42 Å². The molecule has 0 aliphatic carbocycles. The second kappa shape index (κ2) is 33.4. The van der Waals surface area contributed by atoms with Crippen molar-refractivity contribution in [1.29, 1.82) is 0 Å². The van der Waals surface area contributed by atoms with Gasteiger partial charge in [-0.2, -0.15) is 0 Å². The van der Waals surface area contributed by atoms with E-state index in [1.54, 1.807) is 6.08 Å². The van der Waals surface area contributed by atoms with E-state index in [1.165, 1.54) is 135 Å². The van der Waals surface area contributed by atoms with Gasteiger partial charge in [0.15, 0.2) is 0 Å². The summed E-state index contributed by atoms with van der Waals surface area (Å²) in [6.45, 7) is 4.28. The van der Waals surface area contributed by atoms with Crippen LogP contribution in [0.2, 0.25) is 0 Å². The van der Waals surface area contributed by atoms with Gasteiger partial charge in [0.2, 0.25) is 5.91 Å². The minimum absolute atomic E-state index is 0.0740. The number of carbonyl (C=O) groups excluding carboxylic acids is 1. The van der Waals surface area contributed by atoms with E-state index >= 15 is 0 Å². The maximum Gasteiger partial charge on any atom is 0.220 e. The molecular formula is C37H71NO3. The number of unbranched alkanes of at least 4 members (excludes halogenated alkanes) is 23. The van der Waals surface area contributed by atoms with Crippen LogP contribution in [0.25, 0.3) is 0 Å². The fraction of sp³-hybridized carbons (Fsp3) is 0.865. The van der Waals surface area contributed by atoms with Crippen LogP contribution in [-0.4, -0.2) is 34.9 Å². The summed E-state index contributed by atoms with van der Waals surface area (Å²) in [4.78, 5) is 12.3. The maximum atomic E-state index is 12.3. The third-order valence-corrected chi connectivity index (χ3v) is 8.19. The first-order chi connectivity index (χ1) is 20.2. The highest BCUT2D eigenvalue weighted by Gasteiger charge is 2.17. The molecule has 242 valence electrons. The lowest BCUT2D eigenvalue weighted by Crippen LogP contribution is -2.45. The number of rotatable bonds is 32. The SMILES string of the molecule is CCCCCCCCCC/C=C/CC/C=C/C(O)C(CO)NC(=O)CCCCCCCCCCCCCCCCC. The van der Waals surface area contributed by atoms with Gasteiger partial charge in [-0.1, -0.05) is 173 Å². The zero-order chi connectivity index (χ0) is 30.1. The van der Waals surface area contributed by atoms with Crippen molar-refractivity contribution >= 4 is 5.91 Å². The highest BCUT2D eigenvalue weighted by Crippen LogP contribution is 2.14. The molecule has 4 heteroatoms. The largest absolute Gasteiger partial charge is 0.394 e. The average Bonchev–Trinajstić information content (AvgIpc) is 2.97. The fourth-order valence-corrected chi connectivity index (χ4v) is 5.37. The number of allylic oxidation sites excluding steroid dienone is 3. The fourth-order valence-electron chi connectivity index (χ4n) is 5.37. The van der Waals surface area contributed by atoms with Gasteiger partial charge in [0, 0.05) is 6.42 Å². The first kappa shape index (κ1) is 39.9. The smallest absolute Gasteiger partial charge is 0.220 e. The zero-order valence-electron chi connectivity index (χ0n) is 27.6. The van der Waals surface area contributed by atoms with Crippen LogP contribution >= 0.6 is 0 Å². The Morgan fingerprint density at radius 1 is 0.561 bits per heavy atom. The quantitative estimate of drug-likeness (QED) is 0.0550. The molecule has 0 saturated heterocycles. The highest BCUT2D eigenvalue weighted by atomic mass is 16.3. The lowest BCUT2D eigenvalue weighted by molar-refractivity contribution is -0.123. The van der Waals surface area contributed by atoms with Gasteiger partial charge in [-0.05, 0) is 32.1 Å². The first-order valence-electron chi connectivity index (χ1n) is 18.1. The number of amides is 1. The van der Waals surface area contributed by atoms with E-state index in [1.807, 2.05) is 6.08 Å². The van der Waals surface area contributed by atoms with Gasteiger partial charge in [0.05, 0.1) is 18.8 Å². The average molecular weight is 578 g/mol. The monoisotopic (exact) mass is 578 g/mol. The van der Waals surface area contributed by atoms with Gasteiger partial charge in [0.25, 0.3) is 0 Å². The molecule has 0 aromatic rings. The van der Waals surface area contributed by atoms with Crippen LogP contribution in [0.15, 0.2) is 24.3 Å². The molecule has 2 atom stereocenters. The van der Waals surface area contributed by atoms with Crippen molar-refractivity contribution in [3.05, 3.63) is 24.3 Å². The Labute approximate surface area is 256 Å². The van der Waals surface area contributed by atoms with E-state index in [-0.39, 0.29) is 12.5 Å². The van der Waals surface area contributed by atoms with Crippen LogP contribution in [0.5, 0.6) is 0 Å². The number of hydrogen-bond acceptors (Lipinski definition) is 3. The summed E-state index contributed by atoms with van der Waals surface area (Å²) in [5, 5.41) is 22.8. The summed E-state index contributed by atoms with van der Waals surface area (Å²) < 4.78 is 0. The molecule has 0 aliphatic heterocycles. The second-order valence-corrected chi connectivity index (χ2v) is 12.3. The Balaban J connectivity index is 3.66. The summed E-state index contributed by atoms with van der Waals surface area (Å²) in [6.07, 6.45) is 41.1. The van der Waals surface area contributed by atoms with Crippen molar-refractivity contribution in [2.75, 3.05) is 6.61 Å². The number of hydrogen-bond donors (Lipinski definition) is 3. The van der Waals surface area contributed by atoms with E-state index in [0.717, 1.165) is 32.1 Å². The Hall–Kier alpha value is -1.13. The molecule has 0 radical (unpaired) electrons. The number of aliphatic hydroxyl groups is 2. The summed E-state index contributed by atoms with van der Waals surface area (Å²) >= 11 is 0. The molecule has 4 nitrogen and oxygen atoms in total. The molecular weight excluding hydrogens is 506 g/mol. The van der Waals surface area contributed by atoms with Crippen LogP contribution in [0.4, 0.5) is 0 Å². The van der Waals surface area contributed by atoms with Crippen LogP contribution < -0.4 is 5.32 Å². The van der Waals surface area contributed by atoms with Crippen molar-refractivity contribution in [2.24, 2.45) is 0 Å². The lowest BCUT2D eigenvalue weighted by atomic mass is 10.0. The van der Waals surface area contributed by atoms with Gasteiger partial charge >= 0.3 is 0 Å². The van der Waals surface area contributed by atoms with E-state index in [4.69, 9.17) is 0 Å². The predicted molar refractivity (Wildman–Crippen MR) is 179 cm³/mol. The van der Waals surface area contributed by atoms with Crippen molar-refractivity contribution < 1.29 is 15.0 Å². The third-order valence-electron chi connectivity index (χ3n) is 8.19. The molecule has 41 heavy (non-hydrogen) atoms. The van der Waals surface area contributed by atoms with Crippen LogP contribution in [0.3, 0.4) is 0 Å². The van der Waals surface area contributed by atoms with Crippen molar-refractivity contribution in [3.8, 4) is 0 Å². The molecule has 0 rings (SSSR count). The van der Waals surface area contributed by atoms with Crippen molar-refractivity contribution in [3.63, 3.8) is 0 Å².